The Bertz CT molecular complexity index is 675. The Kier molecular flexibility index (Phi) is 8.30. The Morgan fingerprint density at radius 1 is 1.29 bits per heavy atom. The number of nitrogens with two attached hydrogens (primary N) is 1. The average molecular weight is 447 g/mol. The van der Waals surface area contributed by atoms with Crippen molar-refractivity contribution >= 4 is 29.9 Å². The summed E-state index contributed by atoms with van der Waals surface area (Å²) in [7, 11) is 3.20. The Balaban J connectivity index is 0.00000288. The van der Waals surface area contributed by atoms with Crippen LogP contribution in [-0.2, 0) is 13.0 Å². The van der Waals surface area contributed by atoms with Gasteiger partial charge in [-0.2, -0.15) is 4.98 Å². The molecule has 0 bridgehead atoms. The summed E-state index contributed by atoms with van der Waals surface area (Å²) in [6.45, 7) is 2.79. The molecule has 24 heavy (non-hydrogen) atoms. The van der Waals surface area contributed by atoms with E-state index in [0.717, 1.165) is 5.56 Å². The molecule has 0 atom stereocenters. The summed E-state index contributed by atoms with van der Waals surface area (Å²) in [5, 5.41) is 6.73. The van der Waals surface area contributed by atoms with Crippen molar-refractivity contribution in [3.63, 3.8) is 0 Å². The van der Waals surface area contributed by atoms with E-state index < -0.39 is 0 Å². The lowest BCUT2D eigenvalue weighted by Crippen LogP contribution is -2.33. The van der Waals surface area contributed by atoms with Crippen LogP contribution in [0.5, 0.6) is 11.5 Å². The van der Waals surface area contributed by atoms with E-state index in [4.69, 9.17) is 19.7 Å². The lowest BCUT2D eigenvalue weighted by molar-refractivity contribution is 0.354. The summed E-state index contributed by atoms with van der Waals surface area (Å²) < 4.78 is 15.5. The Morgan fingerprint density at radius 2 is 2.04 bits per heavy atom. The highest BCUT2D eigenvalue weighted by Crippen LogP contribution is 2.27. The summed E-state index contributed by atoms with van der Waals surface area (Å²) in [6, 6.07) is 5.63. The molecule has 2 rings (SSSR count). The van der Waals surface area contributed by atoms with Crippen molar-refractivity contribution < 1.29 is 14.0 Å². The number of halogens is 1. The van der Waals surface area contributed by atoms with Gasteiger partial charge in [0.1, 0.15) is 0 Å². The van der Waals surface area contributed by atoms with Crippen LogP contribution in [-0.4, -0.2) is 36.9 Å². The number of nitrogens with one attached hydrogen (secondary N) is 1. The van der Waals surface area contributed by atoms with Crippen molar-refractivity contribution in [2.75, 3.05) is 20.8 Å². The summed E-state index contributed by atoms with van der Waals surface area (Å²) in [6.07, 6.45) is 0.591. The number of aliphatic imine (C=N–C) groups is 1. The number of hydrogen-bond acceptors (Lipinski definition) is 6. The van der Waals surface area contributed by atoms with Gasteiger partial charge < -0.3 is 25.0 Å². The van der Waals surface area contributed by atoms with Crippen LogP contribution in [0.4, 0.5) is 0 Å². The van der Waals surface area contributed by atoms with Gasteiger partial charge in [-0.05, 0) is 24.6 Å². The fraction of sp³-hybridized carbons (Fsp3) is 0.400. The van der Waals surface area contributed by atoms with Gasteiger partial charge in [-0.3, -0.25) is 0 Å². The molecule has 1 aromatic heterocycles. The number of hydrogen-bond donors (Lipinski definition) is 2. The number of rotatable bonds is 7. The quantitative estimate of drug-likeness (QED) is 0.378. The minimum Gasteiger partial charge on any atom is -0.493 e. The summed E-state index contributed by atoms with van der Waals surface area (Å²) in [5.74, 6) is 2.90. The van der Waals surface area contributed by atoms with E-state index in [0.29, 0.717) is 48.7 Å². The van der Waals surface area contributed by atoms with E-state index in [9.17, 15) is 0 Å². The predicted molar refractivity (Wildman–Crippen MR) is 101 cm³/mol. The third kappa shape index (κ3) is 5.87. The maximum Gasteiger partial charge on any atom is 0.228 e. The van der Waals surface area contributed by atoms with Gasteiger partial charge in [-0.15, -0.1) is 24.0 Å². The third-order valence-corrected chi connectivity index (χ3v) is 3.09. The maximum absolute atomic E-state index is 5.83. The summed E-state index contributed by atoms with van der Waals surface area (Å²) >= 11 is 0. The van der Waals surface area contributed by atoms with Crippen molar-refractivity contribution in [2.45, 2.75) is 19.9 Å². The van der Waals surface area contributed by atoms with Gasteiger partial charge >= 0.3 is 0 Å². The second kappa shape index (κ2) is 9.96. The minimum atomic E-state index is 0. The largest absolute Gasteiger partial charge is 0.493 e. The van der Waals surface area contributed by atoms with Crippen LogP contribution in [0.15, 0.2) is 27.7 Å². The molecule has 132 valence electrons. The van der Waals surface area contributed by atoms with Crippen molar-refractivity contribution in [1.29, 1.82) is 0 Å². The Morgan fingerprint density at radius 3 is 2.67 bits per heavy atom. The number of methoxy groups -OCH3 is 2. The zero-order valence-corrected chi connectivity index (χ0v) is 16.2. The molecular weight excluding hydrogens is 425 g/mol. The van der Waals surface area contributed by atoms with Crippen molar-refractivity contribution in [3.05, 3.63) is 35.5 Å². The van der Waals surface area contributed by atoms with E-state index >= 15 is 0 Å². The molecule has 0 aliphatic heterocycles. The van der Waals surface area contributed by atoms with E-state index in [1.165, 1.54) is 0 Å². The number of guanidine groups is 1. The fourth-order valence-corrected chi connectivity index (χ4v) is 1.95. The molecule has 2 aromatic rings. The van der Waals surface area contributed by atoms with E-state index in [1.807, 2.05) is 18.2 Å². The van der Waals surface area contributed by atoms with Crippen molar-refractivity contribution in [2.24, 2.45) is 10.7 Å². The van der Waals surface area contributed by atoms with Gasteiger partial charge in [0.2, 0.25) is 5.89 Å². The standard InChI is InChI=1S/C15H21N5O3.HI/c1-10-19-14(23-20-10)6-7-17-15(16)18-9-11-4-5-12(21-2)13(8-11)22-3;/h4-5,8H,6-7,9H2,1-3H3,(H3,16,17,18);1H. The highest BCUT2D eigenvalue weighted by atomic mass is 127. The van der Waals surface area contributed by atoms with E-state index in [2.05, 4.69) is 20.4 Å². The molecule has 1 aromatic carbocycles. The molecule has 8 nitrogen and oxygen atoms in total. The van der Waals surface area contributed by atoms with Crippen molar-refractivity contribution in [3.8, 4) is 11.5 Å². The van der Waals surface area contributed by atoms with Gasteiger partial charge in [-0.1, -0.05) is 11.2 Å². The predicted octanol–water partition coefficient (Wildman–Crippen LogP) is 1.66. The number of aromatic nitrogens is 2. The molecule has 3 N–H and O–H groups in total. The molecule has 0 radical (unpaired) electrons. The van der Waals surface area contributed by atoms with Crippen LogP contribution in [0.3, 0.4) is 0 Å². The number of ether oxygens (including phenoxy) is 2. The normalized spacial score (nSPS) is 10.9. The molecule has 0 fully saturated rings. The summed E-state index contributed by atoms with van der Waals surface area (Å²) in [5.41, 5.74) is 6.81. The zero-order chi connectivity index (χ0) is 16.7. The number of nitrogens with zero attached hydrogens (tertiary/aromatic N) is 3. The molecule has 0 saturated carbocycles. The van der Waals surface area contributed by atoms with E-state index in [-0.39, 0.29) is 24.0 Å². The first-order chi connectivity index (χ1) is 11.1. The van der Waals surface area contributed by atoms with E-state index in [1.54, 1.807) is 21.1 Å². The van der Waals surface area contributed by atoms with Gasteiger partial charge in [-0.25, -0.2) is 4.99 Å². The monoisotopic (exact) mass is 447 g/mol. The Labute approximate surface area is 157 Å². The first kappa shape index (κ1) is 20.0. The smallest absolute Gasteiger partial charge is 0.228 e. The van der Waals surface area contributed by atoms with Crippen LogP contribution >= 0.6 is 24.0 Å². The van der Waals surface area contributed by atoms with Crippen LogP contribution in [0.1, 0.15) is 17.3 Å². The van der Waals surface area contributed by atoms with Gasteiger partial charge in [0.05, 0.1) is 20.8 Å². The second-order valence-electron chi connectivity index (χ2n) is 4.80. The van der Waals surface area contributed by atoms with Crippen LogP contribution in [0.2, 0.25) is 0 Å². The van der Waals surface area contributed by atoms with Crippen molar-refractivity contribution in [1.82, 2.24) is 15.5 Å². The fourth-order valence-electron chi connectivity index (χ4n) is 1.95. The zero-order valence-electron chi connectivity index (χ0n) is 13.9. The highest BCUT2D eigenvalue weighted by Gasteiger charge is 2.05. The molecule has 0 amide bonds. The van der Waals surface area contributed by atoms with Crippen LogP contribution < -0.4 is 20.5 Å². The molecule has 0 unspecified atom stereocenters. The van der Waals surface area contributed by atoms with Crippen LogP contribution in [0, 0.1) is 6.92 Å². The summed E-state index contributed by atoms with van der Waals surface area (Å²) in [4.78, 5) is 8.39. The molecule has 1 heterocycles. The maximum atomic E-state index is 5.83. The molecular formula is C15H22IN5O3. The second-order valence-corrected chi connectivity index (χ2v) is 4.80. The first-order valence-corrected chi connectivity index (χ1v) is 7.16. The first-order valence-electron chi connectivity index (χ1n) is 7.16. The average Bonchev–Trinajstić information content (AvgIpc) is 2.98. The SMILES string of the molecule is COc1ccc(CN=C(N)NCCc2nc(C)no2)cc1OC.I. The molecule has 9 heteroatoms. The topological polar surface area (TPSA) is 108 Å². The molecule has 0 aliphatic rings. The Hall–Kier alpha value is -2.04. The molecule has 0 saturated heterocycles. The lowest BCUT2D eigenvalue weighted by Gasteiger charge is -2.09. The number of aryl methyl sites for hydroxylation is 1. The molecule has 0 spiro atoms. The number of benzene rings is 1. The van der Waals surface area contributed by atoms with Crippen LogP contribution in [0.25, 0.3) is 0 Å². The van der Waals surface area contributed by atoms with Gasteiger partial charge in [0.25, 0.3) is 0 Å². The van der Waals surface area contributed by atoms with Gasteiger partial charge in [0.15, 0.2) is 23.3 Å². The lowest BCUT2D eigenvalue weighted by atomic mass is 10.2. The molecule has 0 aliphatic carbocycles. The van der Waals surface area contributed by atoms with Gasteiger partial charge in [0, 0.05) is 13.0 Å². The minimum absolute atomic E-state index is 0. The highest BCUT2D eigenvalue weighted by molar-refractivity contribution is 14.0. The third-order valence-electron chi connectivity index (χ3n) is 3.09.